The summed E-state index contributed by atoms with van der Waals surface area (Å²) in [4.78, 5) is 34.7. The smallest absolute Gasteiger partial charge is 0.338 e. The van der Waals surface area contributed by atoms with Crippen molar-refractivity contribution in [3.05, 3.63) is 81.5 Å². The van der Waals surface area contributed by atoms with Crippen molar-refractivity contribution in [1.29, 1.82) is 0 Å². The molecule has 2 aromatic carbocycles. The molecule has 1 heterocycles. The van der Waals surface area contributed by atoms with E-state index in [2.05, 4.69) is 10.4 Å². The van der Waals surface area contributed by atoms with Crippen LogP contribution in [0, 0.1) is 24.0 Å². The lowest BCUT2D eigenvalue weighted by Gasteiger charge is -2.09. The number of carbonyl (C=O) groups excluding carboxylic acids is 2. The Morgan fingerprint density at radius 2 is 1.86 bits per heavy atom. The summed E-state index contributed by atoms with van der Waals surface area (Å²) in [5.74, 6) is -0.833. The Bertz CT molecular complexity index is 1080. The predicted octanol–water partition coefficient (Wildman–Crippen LogP) is 3.19. The highest BCUT2D eigenvalue weighted by Crippen LogP contribution is 2.19. The largest absolute Gasteiger partial charge is 0.452 e. The van der Waals surface area contributed by atoms with Gasteiger partial charge in [0.1, 0.15) is 5.82 Å². The number of aromatic nitrogens is 2. The molecule has 29 heavy (non-hydrogen) atoms. The summed E-state index contributed by atoms with van der Waals surface area (Å²) in [5.41, 5.74) is 1.85. The number of benzene rings is 2. The van der Waals surface area contributed by atoms with Gasteiger partial charge in [-0.1, -0.05) is 18.2 Å². The summed E-state index contributed by atoms with van der Waals surface area (Å²) in [6.07, 6.45) is 0. The number of para-hydroxylation sites is 1. The molecule has 0 bridgehead atoms. The highest BCUT2D eigenvalue weighted by molar-refractivity contribution is 5.95. The summed E-state index contributed by atoms with van der Waals surface area (Å²) in [6.45, 7) is 2.81. The van der Waals surface area contributed by atoms with E-state index in [1.54, 1.807) is 17.7 Å². The van der Waals surface area contributed by atoms with Gasteiger partial charge in [-0.2, -0.15) is 5.10 Å². The number of amides is 1. The average Bonchev–Trinajstić information content (AvgIpc) is 3.06. The molecule has 0 radical (unpaired) electrons. The maximum Gasteiger partial charge on any atom is 0.338 e. The van der Waals surface area contributed by atoms with Gasteiger partial charge >= 0.3 is 5.97 Å². The summed E-state index contributed by atoms with van der Waals surface area (Å²) in [7, 11) is 0. The van der Waals surface area contributed by atoms with Gasteiger partial charge in [0, 0.05) is 17.7 Å². The number of nitrogens with zero attached hydrogens (tertiary/aromatic N) is 3. The van der Waals surface area contributed by atoms with Gasteiger partial charge in [0.05, 0.1) is 21.9 Å². The molecule has 1 amide bonds. The number of ether oxygens (including phenoxy) is 1. The number of aryl methyl sites for hydroxylation is 2. The van der Waals surface area contributed by atoms with E-state index in [9.17, 15) is 19.7 Å². The number of carbonyl (C=O) groups is 2. The van der Waals surface area contributed by atoms with Crippen molar-refractivity contribution in [2.75, 3.05) is 11.9 Å². The maximum atomic E-state index is 12.2. The van der Waals surface area contributed by atoms with Gasteiger partial charge in [0.15, 0.2) is 6.61 Å². The second-order valence-electron chi connectivity index (χ2n) is 6.30. The number of rotatable bonds is 6. The van der Waals surface area contributed by atoms with Crippen molar-refractivity contribution in [3.63, 3.8) is 0 Å². The Morgan fingerprint density at radius 1 is 1.14 bits per heavy atom. The number of hydrogen-bond donors (Lipinski definition) is 1. The lowest BCUT2D eigenvalue weighted by molar-refractivity contribution is -0.385. The molecule has 9 heteroatoms. The minimum absolute atomic E-state index is 0.0937. The van der Waals surface area contributed by atoms with Crippen molar-refractivity contribution in [2.24, 2.45) is 0 Å². The number of anilines is 1. The first-order valence-electron chi connectivity index (χ1n) is 8.69. The molecule has 148 valence electrons. The first-order chi connectivity index (χ1) is 13.8. The third kappa shape index (κ3) is 4.64. The minimum Gasteiger partial charge on any atom is -0.452 e. The molecule has 3 aromatic rings. The molecule has 1 N–H and O–H groups in total. The van der Waals surface area contributed by atoms with Crippen LogP contribution in [0.3, 0.4) is 0 Å². The SMILES string of the molecule is Cc1cc(NC(=O)COC(=O)c2ccc([N+](=O)[O-])c(C)c2)n(-c2ccccc2)n1. The highest BCUT2D eigenvalue weighted by Gasteiger charge is 2.17. The Hall–Kier alpha value is -4.01. The molecular formula is C20H18N4O5. The van der Waals surface area contributed by atoms with Crippen LogP contribution >= 0.6 is 0 Å². The topological polar surface area (TPSA) is 116 Å². The first-order valence-corrected chi connectivity index (χ1v) is 8.69. The summed E-state index contributed by atoms with van der Waals surface area (Å²) in [6, 6.07) is 14.8. The summed E-state index contributed by atoms with van der Waals surface area (Å²) < 4.78 is 6.60. The zero-order chi connectivity index (χ0) is 21.0. The van der Waals surface area contributed by atoms with Gasteiger partial charge < -0.3 is 10.1 Å². The zero-order valence-corrected chi connectivity index (χ0v) is 15.8. The predicted molar refractivity (Wildman–Crippen MR) is 105 cm³/mol. The van der Waals surface area contributed by atoms with E-state index in [1.165, 1.54) is 25.1 Å². The van der Waals surface area contributed by atoms with Gasteiger partial charge in [-0.3, -0.25) is 14.9 Å². The standard InChI is InChI=1S/C20H18N4O5/c1-13-10-15(8-9-17(13)24(27)28)20(26)29-12-19(25)21-18-11-14(2)22-23(18)16-6-4-3-5-7-16/h3-11H,12H2,1-2H3,(H,21,25). The van der Waals surface area contributed by atoms with Crippen LogP contribution in [0.4, 0.5) is 11.5 Å². The van der Waals surface area contributed by atoms with E-state index in [1.807, 2.05) is 30.3 Å². The monoisotopic (exact) mass is 394 g/mol. The number of nitro benzene ring substituents is 1. The van der Waals surface area contributed by atoms with Crippen molar-refractivity contribution in [2.45, 2.75) is 13.8 Å². The van der Waals surface area contributed by atoms with E-state index in [0.717, 1.165) is 5.69 Å². The molecule has 9 nitrogen and oxygen atoms in total. The van der Waals surface area contributed by atoms with Gasteiger partial charge in [0.2, 0.25) is 0 Å². The molecular weight excluding hydrogens is 376 g/mol. The molecule has 0 saturated heterocycles. The molecule has 3 rings (SSSR count). The van der Waals surface area contributed by atoms with Crippen LogP contribution in [0.5, 0.6) is 0 Å². The average molecular weight is 394 g/mol. The summed E-state index contributed by atoms with van der Waals surface area (Å²) >= 11 is 0. The molecule has 1 aromatic heterocycles. The molecule has 0 unspecified atom stereocenters. The fraction of sp³-hybridized carbons (Fsp3) is 0.150. The van der Waals surface area contributed by atoms with E-state index in [-0.39, 0.29) is 11.3 Å². The van der Waals surface area contributed by atoms with Gasteiger partial charge in [-0.05, 0) is 38.1 Å². The number of nitrogens with one attached hydrogen (secondary N) is 1. The number of nitro groups is 1. The molecule has 0 aliphatic heterocycles. The molecule has 0 saturated carbocycles. The number of hydrogen-bond acceptors (Lipinski definition) is 6. The summed E-state index contributed by atoms with van der Waals surface area (Å²) in [5, 5.41) is 17.9. The van der Waals surface area contributed by atoms with Crippen molar-refractivity contribution >= 4 is 23.4 Å². The third-order valence-electron chi connectivity index (χ3n) is 4.06. The van der Waals surface area contributed by atoms with E-state index in [4.69, 9.17) is 4.74 Å². The molecule has 0 fully saturated rings. The van der Waals surface area contributed by atoms with Crippen LogP contribution in [0.25, 0.3) is 5.69 Å². The minimum atomic E-state index is -0.745. The van der Waals surface area contributed by atoms with Crippen LogP contribution in [-0.2, 0) is 9.53 Å². The fourth-order valence-corrected chi connectivity index (χ4v) is 2.74. The Labute approximate surface area is 166 Å². The van der Waals surface area contributed by atoms with Crippen LogP contribution < -0.4 is 5.32 Å². The second-order valence-corrected chi connectivity index (χ2v) is 6.30. The Morgan fingerprint density at radius 3 is 2.52 bits per heavy atom. The van der Waals surface area contributed by atoms with E-state index >= 15 is 0 Å². The molecule has 0 spiro atoms. The van der Waals surface area contributed by atoms with Gasteiger partial charge in [-0.15, -0.1) is 0 Å². The van der Waals surface area contributed by atoms with Crippen LogP contribution in [0.2, 0.25) is 0 Å². The third-order valence-corrected chi connectivity index (χ3v) is 4.06. The van der Waals surface area contributed by atoms with E-state index < -0.39 is 23.4 Å². The Kier molecular flexibility index (Phi) is 5.68. The van der Waals surface area contributed by atoms with E-state index in [0.29, 0.717) is 17.1 Å². The maximum absolute atomic E-state index is 12.2. The zero-order valence-electron chi connectivity index (χ0n) is 15.8. The van der Waals surface area contributed by atoms with Crippen molar-refractivity contribution in [3.8, 4) is 5.69 Å². The highest BCUT2D eigenvalue weighted by atomic mass is 16.6. The Balaban J connectivity index is 1.64. The first kappa shape index (κ1) is 19.7. The molecule has 0 aliphatic rings. The van der Waals surface area contributed by atoms with Crippen molar-refractivity contribution < 1.29 is 19.2 Å². The van der Waals surface area contributed by atoms with Gasteiger partial charge in [0.25, 0.3) is 11.6 Å². The lowest BCUT2D eigenvalue weighted by atomic mass is 10.1. The fourth-order valence-electron chi connectivity index (χ4n) is 2.74. The van der Waals surface area contributed by atoms with Crippen molar-refractivity contribution in [1.82, 2.24) is 9.78 Å². The van der Waals surface area contributed by atoms with Crippen LogP contribution in [0.15, 0.2) is 54.6 Å². The van der Waals surface area contributed by atoms with Crippen LogP contribution in [0.1, 0.15) is 21.6 Å². The quantitative estimate of drug-likeness (QED) is 0.390. The van der Waals surface area contributed by atoms with Gasteiger partial charge in [-0.25, -0.2) is 9.48 Å². The number of esters is 1. The lowest BCUT2D eigenvalue weighted by Crippen LogP contribution is -2.22. The molecule has 0 aliphatic carbocycles. The second kappa shape index (κ2) is 8.34. The normalized spacial score (nSPS) is 10.4. The van der Waals surface area contributed by atoms with Crippen LogP contribution in [-0.4, -0.2) is 33.2 Å². The molecule has 0 atom stereocenters.